The number of hydrogen-bond acceptors (Lipinski definition) is 2. The topological polar surface area (TPSA) is 82.2 Å². The van der Waals surface area contributed by atoms with Crippen LogP contribution in [0.4, 0.5) is 18.9 Å². The third-order valence-corrected chi connectivity index (χ3v) is 2.43. The van der Waals surface area contributed by atoms with Crippen molar-refractivity contribution in [1.29, 1.82) is 0 Å². The fourth-order valence-electron chi connectivity index (χ4n) is 1.57. The van der Waals surface area contributed by atoms with Crippen LogP contribution >= 0.6 is 0 Å². The van der Waals surface area contributed by atoms with Crippen molar-refractivity contribution in [3.05, 3.63) is 30.0 Å². The molecule has 0 aliphatic heterocycles. The maximum atomic E-state index is 12.2. The highest BCUT2D eigenvalue weighted by Crippen LogP contribution is 2.25. The lowest BCUT2D eigenvalue weighted by Crippen LogP contribution is -2.30. The first-order valence-electron chi connectivity index (χ1n) is 5.01. The Balaban J connectivity index is 2.48. The van der Waals surface area contributed by atoms with Crippen LogP contribution in [0.15, 0.2) is 24.4 Å². The van der Waals surface area contributed by atoms with Crippen LogP contribution in [-0.2, 0) is 4.79 Å². The molecule has 0 bridgehead atoms. The van der Waals surface area contributed by atoms with E-state index in [2.05, 4.69) is 4.98 Å². The zero-order valence-electron chi connectivity index (χ0n) is 9.21. The predicted molar refractivity (Wildman–Crippen MR) is 59.9 cm³/mol. The number of fused-ring (bicyclic) bond motifs is 1. The Labute approximate surface area is 104 Å². The van der Waals surface area contributed by atoms with Crippen LogP contribution in [0.5, 0.6) is 0 Å². The number of rotatable bonds is 2. The number of nitrogens with one attached hydrogen (secondary N) is 2. The maximum Gasteiger partial charge on any atom is 0.471 e. The molecule has 100 valence electrons. The summed E-state index contributed by atoms with van der Waals surface area (Å²) in [5, 5.41) is 11.0. The largest absolute Gasteiger partial charge is 0.478 e. The summed E-state index contributed by atoms with van der Waals surface area (Å²) in [6, 6.07) is 3.87. The molecule has 1 aromatic heterocycles. The lowest BCUT2D eigenvalue weighted by Gasteiger charge is -2.10. The zero-order chi connectivity index (χ0) is 14.2. The van der Waals surface area contributed by atoms with Crippen molar-refractivity contribution in [1.82, 2.24) is 4.98 Å². The summed E-state index contributed by atoms with van der Waals surface area (Å²) in [5.74, 6) is -3.65. The van der Waals surface area contributed by atoms with Crippen molar-refractivity contribution in [3.63, 3.8) is 0 Å². The first-order chi connectivity index (χ1) is 8.79. The molecule has 1 heterocycles. The van der Waals surface area contributed by atoms with Crippen molar-refractivity contribution in [2.75, 3.05) is 5.32 Å². The van der Waals surface area contributed by atoms with Crippen LogP contribution in [0.3, 0.4) is 0 Å². The molecule has 0 fully saturated rings. The fourth-order valence-corrected chi connectivity index (χ4v) is 1.57. The van der Waals surface area contributed by atoms with E-state index in [4.69, 9.17) is 5.11 Å². The highest BCUT2D eigenvalue weighted by atomic mass is 19.4. The molecule has 2 rings (SSSR count). The normalized spacial score (nSPS) is 11.5. The van der Waals surface area contributed by atoms with Crippen molar-refractivity contribution >= 4 is 28.5 Å². The Morgan fingerprint density at radius 3 is 2.53 bits per heavy atom. The summed E-state index contributed by atoms with van der Waals surface area (Å²) in [5.41, 5.74) is -0.378. The highest BCUT2D eigenvalue weighted by Gasteiger charge is 2.39. The first-order valence-corrected chi connectivity index (χ1v) is 5.01. The van der Waals surface area contributed by atoms with Gasteiger partial charge in [0, 0.05) is 17.1 Å². The number of H-pyrrole nitrogens is 1. The van der Waals surface area contributed by atoms with Gasteiger partial charge in [-0.1, -0.05) is 0 Å². The van der Waals surface area contributed by atoms with Crippen LogP contribution in [-0.4, -0.2) is 28.1 Å². The van der Waals surface area contributed by atoms with Gasteiger partial charge in [0.25, 0.3) is 0 Å². The second-order valence-electron chi connectivity index (χ2n) is 3.72. The molecule has 5 nitrogen and oxygen atoms in total. The molecule has 1 amide bonds. The number of carbonyl (C=O) groups excluding carboxylic acids is 1. The molecule has 0 unspecified atom stereocenters. The van der Waals surface area contributed by atoms with E-state index in [0.29, 0.717) is 10.9 Å². The standard InChI is InChI=1S/C11H7F3N2O3/c12-11(13,14)10(19)16-8-3-5-1-2-15-7(5)4-6(8)9(17)18/h1-4,15H,(H,16,19)(H,17,18). The van der Waals surface area contributed by atoms with Gasteiger partial charge in [-0.15, -0.1) is 0 Å². The number of hydrogen-bond donors (Lipinski definition) is 3. The van der Waals surface area contributed by atoms with E-state index in [1.807, 2.05) is 0 Å². The number of halogens is 3. The number of anilines is 1. The number of aromatic carboxylic acids is 1. The molecule has 19 heavy (non-hydrogen) atoms. The van der Waals surface area contributed by atoms with Crippen molar-refractivity contribution in [3.8, 4) is 0 Å². The lowest BCUT2D eigenvalue weighted by molar-refractivity contribution is -0.167. The van der Waals surface area contributed by atoms with Crippen molar-refractivity contribution in [2.45, 2.75) is 6.18 Å². The van der Waals surface area contributed by atoms with E-state index >= 15 is 0 Å². The minimum Gasteiger partial charge on any atom is -0.478 e. The smallest absolute Gasteiger partial charge is 0.471 e. The number of carboxylic acids is 1. The molecule has 0 atom stereocenters. The van der Waals surface area contributed by atoms with Crippen molar-refractivity contribution in [2.24, 2.45) is 0 Å². The van der Waals surface area contributed by atoms with Gasteiger partial charge in [0.1, 0.15) is 0 Å². The van der Waals surface area contributed by atoms with Gasteiger partial charge < -0.3 is 15.4 Å². The number of amides is 1. The average molecular weight is 272 g/mol. The van der Waals surface area contributed by atoms with Gasteiger partial charge in [0.15, 0.2) is 0 Å². The summed E-state index contributed by atoms with van der Waals surface area (Å²) < 4.78 is 36.5. The Morgan fingerprint density at radius 2 is 1.95 bits per heavy atom. The fraction of sp³-hybridized carbons (Fsp3) is 0.0909. The molecule has 2 aromatic rings. The van der Waals surface area contributed by atoms with Gasteiger partial charge in [0.2, 0.25) is 0 Å². The number of aromatic amines is 1. The third kappa shape index (κ3) is 2.51. The van der Waals surface area contributed by atoms with Gasteiger partial charge in [-0.25, -0.2) is 4.79 Å². The van der Waals surface area contributed by atoms with Crippen LogP contribution in [0.2, 0.25) is 0 Å². The second-order valence-corrected chi connectivity index (χ2v) is 3.72. The quantitative estimate of drug-likeness (QED) is 0.784. The lowest BCUT2D eigenvalue weighted by atomic mass is 10.1. The molecule has 0 spiro atoms. The summed E-state index contributed by atoms with van der Waals surface area (Å²) >= 11 is 0. The number of carbonyl (C=O) groups is 2. The average Bonchev–Trinajstić information content (AvgIpc) is 2.73. The van der Waals surface area contributed by atoms with Crippen LogP contribution in [0, 0.1) is 0 Å². The van der Waals surface area contributed by atoms with Gasteiger partial charge in [-0.3, -0.25) is 4.79 Å². The van der Waals surface area contributed by atoms with E-state index in [1.54, 1.807) is 11.4 Å². The zero-order valence-corrected chi connectivity index (χ0v) is 9.21. The second kappa shape index (κ2) is 4.30. The highest BCUT2D eigenvalue weighted by molar-refractivity contribution is 6.05. The summed E-state index contributed by atoms with van der Waals surface area (Å²) in [6.45, 7) is 0. The Morgan fingerprint density at radius 1 is 1.26 bits per heavy atom. The van der Waals surface area contributed by atoms with Gasteiger partial charge >= 0.3 is 18.1 Å². The van der Waals surface area contributed by atoms with Gasteiger partial charge in [-0.2, -0.15) is 13.2 Å². The molecule has 0 saturated heterocycles. The summed E-state index contributed by atoms with van der Waals surface area (Å²) in [6.07, 6.45) is -3.57. The number of benzene rings is 1. The maximum absolute atomic E-state index is 12.2. The van der Waals surface area contributed by atoms with Crippen molar-refractivity contribution < 1.29 is 27.9 Å². The third-order valence-electron chi connectivity index (χ3n) is 2.43. The Bertz CT molecular complexity index is 661. The molecule has 0 aliphatic rings. The molecule has 1 aromatic carbocycles. The SMILES string of the molecule is O=C(O)c1cc2[nH]ccc2cc1NC(=O)C(F)(F)F. The molecular formula is C11H7F3N2O3. The van der Waals surface area contributed by atoms with E-state index < -0.39 is 29.3 Å². The number of alkyl halides is 3. The van der Waals surface area contributed by atoms with Crippen LogP contribution < -0.4 is 5.32 Å². The van der Waals surface area contributed by atoms with Gasteiger partial charge in [-0.05, 0) is 18.2 Å². The number of carboxylic acid groups (broad SMARTS) is 1. The van der Waals surface area contributed by atoms with E-state index in [-0.39, 0.29) is 0 Å². The minimum atomic E-state index is -5.08. The van der Waals surface area contributed by atoms with Crippen LogP contribution in [0.25, 0.3) is 10.9 Å². The molecule has 0 saturated carbocycles. The Hall–Kier alpha value is -2.51. The monoisotopic (exact) mass is 272 g/mol. The summed E-state index contributed by atoms with van der Waals surface area (Å²) in [4.78, 5) is 24.5. The molecule has 8 heteroatoms. The van der Waals surface area contributed by atoms with E-state index in [0.717, 1.165) is 6.07 Å². The van der Waals surface area contributed by atoms with Crippen LogP contribution in [0.1, 0.15) is 10.4 Å². The van der Waals surface area contributed by atoms with E-state index in [1.165, 1.54) is 12.3 Å². The molecule has 0 radical (unpaired) electrons. The van der Waals surface area contributed by atoms with E-state index in [9.17, 15) is 22.8 Å². The minimum absolute atomic E-state index is 0.401. The summed E-state index contributed by atoms with van der Waals surface area (Å²) in [7, 11) is 0. The Kier molecular flexibility index (Phi) is 2.93. The first kappa shape index (κ1) is 12.9. The predicted octanol–water partition coefficient (Wildman–Crippen LogP) is 2.37. The number of aromatic nitrogens is 1. The van der Waals surface area contributed by atoms with Gasteiger partial charge in [0.05, 0.1) is 11.3 Å². The molecular weight excluding hydrogens is 265 g/mol. The molecule has 0 aliphatic carbocycles. The molecule has 3 N–H and O–H groups in total.